The molecule has 2 aromatic heterocycles. The number of fused-ring (bicyclic) bond motifs is 1. The summed E-state index contributed by atoms with van der Waals surface area (Å²) in [6, 6.07) is 3.86. The lowest BCUT2D eigenvalue weighted by Gasteiger charge is -2.15. The third-order valence-corrected chi connectivity index (χ3v) is 2.59. The maximum Gasteiger partial charge on any atom is 0.0897 e. The van der Waals surface area contributed by atoms with E-state index < -0.39 is 0 Å². The van der Waals surface area contributed by atoms with Crippen molar-refractivity contribution in [1.29, 1.82) is 0 Å². The van der Waals surface area contributed by atoms with Crippen molar-refractivity contribution in [2.75, 3.05) is 0 Å². The maximum absolute atomic E-state index is 6.05. The Morgan fingerprint density at radius 2 is 2.07 bits per heavy atom. The van der Waals surface area contributed by atoms with Crippen molar-refractivity contribution >= 4 is 22.6 Å². The molecule has 0 aliphatic rings. The molecule has 14 heavy (non-hydrogen) atoms. The van der Waals surface area contributed by atoms with Gasteiger partial charge in [0.2, 0.25) is 0 Å². The van der Waals surface area contributed by atoms with Gasteiger partial charge in [-0.25, -0.2) is 0 Å². The molecule has 0 atom stereocenters. The van der Waals surface area contributed by atoms with E-state index in [2.05, 4.69) is 36.8 Å². The van der Waals surface area contributed by atoms with Crippen molar-refractivity contribution in [2.45, 2.75) is 26.2 Å². The average molecular weight is 209 g/mol. The SMILES string of the molecule is CC(C)(C)c1cc2nccc(Cl)c2[nH]1. The van der Waals surface area contributed by atoms with Crippen molar-refractivity contribution < 1.29 is 0 Å². The van der Waals surface area contributed by atoms with Gasteiger partial charge in [0.1, 0.15) is 0 Å². The largest absolute Gasteiger partial charge is 0.355 e. The summed E-state index contributed by atoms with van der Waals surface area (Å²) < 4.78 is 0. The van der Waals surface area contributed by atoms with E-state index in [9.17, 15) is 0 Å². The fraction of sp³-hybridized carbons (Fsp3) is 0.364. The molecule has 0 amide bonds. The van der Waals surface area contributed by atoms with Crippen LogP contribution in [0.15, 0.2) is 18.3 Å². The number of hydrogen-bond acceptors (Lipinski definition) is 1. The summed E-state index contributed by atoms with van der Waals surface area (Å²) in [4.78, 5) is 7.57. The van der Waals surface area contributed by atoms with Gasteiger partial charge in [0.25, 0.3) is 0 Å². The molecule has 2 nitrogen and oxygen atoms in total. The lowest BCUT2D eigenvalue weighted by Crippen LogP contribution is -2.10. The summed E-state index contributed by atoms with van der Waals surface area (Å²) in [5.41, 5.74) is 3.12. The number of pyridine rings is 1. The first-order valence-electron chi connectivity index (χ1n) is 4.62. The second-order valence-electron chi connectivity index (χ2n) is 4.49. The molecule has 2 heterocycles. The molecular weight excluding hydrogens is 196 g/mol. The molecule has 0 unspecified atom stereocenters. The Labute approximate surface area is 88.3 Å². The number of rotatable bonds is 0. The molecule has 3 heteroatoms. The number of nitrogens with zero attached hydrogens (tertiary/aromatic N) is 1. The van der Waals surface area contributed by atoms with Crippen molar-refractivity contribution in [3.63, 3.8) is 0 Å². The molecule has 0 spiro atoms. The first kappa shape index (κ1) is 9.53. The van der Waals surface area contributed by atoms with E-state index in [1.165, 1.54) is 0 Å². The second kappa shape index (κ2) is 2.99. The third-order valence-electron chi connectivity index (χ3n) is 2.28. The van der Waals surface area contributed by atoms with Crippen LogP contribution < -0.4 is 0 Å². The molecule has 2 rings (SSSR count). The lowest BCUT2D eigenvalue weighted by atomic mass is 9.93. The fourth-order valence-corrected chi connectivity index (χ4v) is 1.60. The zero-order valence-electron chi connectivity index (χ0n) is 8.56. The quantitative estimate of drug-likeness (QED) is 0.705. The molecule has 2 aromatic rings. The van der Waals surface area contributed by atoms with Gasteiger partial charge in [-0.1, -0.05) is 32.4 Å². The number of hydrogen-bond donors (Lipinski definition) is 1. The minimum atomic E-state index is 0.101. The van der Waals surface area contributed by atoms with E-state index in [1.54, 1.807) is 12.3 Å². The third kappa shape index (κ3) is 1.50. The fourth-order valence-electron chi connectivity index (χ4n) is 1.40. The summed E-state index contributed by atoms with van der Waals surface area (Å²) in [5.74, 6) is 0. The zero-order valence-corrected chi connectivity index (χ0v) is 9.31. The Morgan fingerprint density at radius 3 is 2.64 bits per heavy atom. The van der Waals surface area contributed by atoms with Gasteiger partial charge in [-0.15, -0.1) is 0 Å². The van der Waals surface area contributed by atoms with Crippen LogP contribution in [0.4, 0.5) is 0 Å². The summed E-state index contributed by atoms with van der Waals surface area (Å²) in [7, 11) is 0. The van der Waals surface area contributed by atoms with Gasteiger partial charge in [-0.05, 0) is 12.1 Å². The Bertz CT molecular complexity index is 466. The Kier molecular flexibility index (Phi) is 2.04. The van der Waals surface area contributed by atoms with E-state index in [0.29, 0.717) is 0 Å². The number of aromatic nitrogens is 2. The van der Waals surface area contributed by atoms with Crippen LogP contribution in [0.3, 0.4) is 0 Å². The smallest absolute Gasteiger partial charge is 0.0897 e. The molecule has 74 valence electrons. The van der Waals surface area contributed by atoms with Crippen LogP contribution in [0.5, 0.6) is 0 Å². The van der Waals surface area contributed by atoms with Crippen LogP contribution in [-0.2, 0) is 5.41 Å². The lowest BCUT2D eigenvalue weighted by molar-refractivity contribution is 0.574. The molecule has 0 bridgehead atoms. The van der Waals surface area contributed by atoms with Crippen molar-refractivity contribution in [3.8, 4) is 0 Å². The predicted octanol–water partition coefficient (Wildman–Crippen LogP) is 3.51. The minimum absolute atomic E-state index is 0.101. The molecular formula is C11H13ClN2. The van der Waals surface area contributed by atoms with Crippen LogP contribution in [0.2, 0.25) is 5.02 Å². The van der Waals surface area contributed by atoms with Crippen LogP contribution in [0.1, 0.15) is 26.5 Å². The minimum Gasteiger partial charge on any atom is -0.355 e. The van der Waals surface area contributed by atoms with Crippen LogP contribution >= 0.6 is 11.6 Å². The topological polar surface area (TPSA) is 28.7 Å². The highest BCUT2D eigenvalue weighted by atomic mass is 35.5. The average Bonchev–Trinajstić information content (AvgIpc) is 2.48. The first-order chi connectivity index (χ1) is 6.48. The Hall–Kier alpha value is -1.02. The summed E-state index contributed by atoms with van der Waals surface area (Å²) in [6.45, 7) is 6.48. The first-order valence-corrected chi connectivity index (χ1v) is 5.00. The molecule has 1 N–H and O–H groups in total. The number of halogens is 1. The second-order valence-corrected chi connectivity index (χ2v) is 4.89. The van der Waals surface area contributed by atoms with Crippen LogP contribution in [-0.4, -0.2) is 9.97 Å². The predicted molar refractivity (Wildman–Crippen MR) is 59.8 cm³/mol. The molecule has 0 radical (unpaired) electrons. The van der Waals surface area contributed by atoms with Gasteiger partial charge in [-0.2, -0.15) is 0 Å². The van der Waals surface area contributed by atoms with Crippen molar-refractivity contribution in [2.24, 2.45) is 0 Å². The normalized spacial score (nSPS) is 12.3. The van der Waals surface area contributed by atoms with Gasteiger partial charge in [-0.3, -0.25) is 4.98 Å². The highest BCUT2D eigenvalue weighted by Gasteiger charge is 2.17. The van der Waals surface area contributed by atoms with Gasteiger partial charge in [0, 0.05) is 17.3 Å². The number of aromatic amines is 1. The van der Waals surface area contributed by atoms with Gasteiger partial charge >= 0.3 is 0 Å². The molecule has 0 aliphatic heterocycles. The molecule has 0 saturated carbocycles. The number of H-pyrrole nitrogens is 1. The molecule has 0 aromatic carbocycles. The number of nitrogens with one attached hydrogen (secondary N) is 1. The van der Waals surface area contributed by atoms with Crippen LogP contribution in [0, 0.1) is 0 Å². The Morgan fingerprint density at radius 1 is 1.36 bits per heavy atom. The van der Waals surface area contributed by atoms with Crippen molar-refractivity contribution in [3.05, 3.63) is 29.0 Å². The van der Waals surface area contributed by atoms with E-state index in [1.807, 2.05) is 0 Å². The summed E-state index contributed by atoms with van der Waals surface area (Å²) >= 11 is 6.05. The van der Waals surface area contributed by atoms with E-state index in [0.717, 1.165) is 21.7 Å². The standard InChI is InChI=1S/C11H13ClN2/c1-11(2,3)9-6-8-10(14-9)7(12)4-5-13-8/h4-6,14H,1-3H3. The summed E-state index contributed by atoms with van der Waals surface area (Å²) in [6.07, 6.45) is 1.73. The highest BCUT2D eigenvalue weighted by molar-refractivity contribution is 6.34. The zero-order chi connectivity index (χ0) is 10.3. The molecule has 0 saturated heterocycles. The Balaban J connectivity index is 2.69. The summed E-state index contributed by atoms with van der Waals surface area (Å²) in [5, 5.41) is 0.727. The maximum atomic E-state index is 6.05. The highest BCUT2D eigenvalue weighted by Crippen LogP contribution is 2.27. The van der Waals surface area contributed by atoms with Gasteiger partial charge in [0.05, 0.1) is 16.1 Å². The monoisotopic (exact) mass is 208 g/mol. The van der Waals surface area contributed by atoms with Crippen molar-refractivity contribution in [1.82, 2.24) is 9.97 Å². The van der Waals surface area contributed by atoms with Crippen LogP contribution in [0.25, 0.3) is 11.0 Å². The van der Waals surface area contributed by atoms with E-state index in [4.69, 9.17) is 11.6 Å². The van der Waals surface area contributed by atoms with Gasteiger partial charge < -0.3 is 4.98 Å². The molecule has 0 aliphatic carbocycles. The van der Waals surface area contributed by atoms with E-state index in [-0.39, 0.29) is 5.41 Å². The molecule has 0 fully saturated rings. The van der Waals surface area contributed by atoms with Gasteiger partial charge in [0.15, 0.2) is 0 Å². The van der Waals surface area contributed by atoms with E-state index >= 15 is 0 Å².